The largest absolute Gasteiger partial charge is 0.508 e. The van der Waals surface area contributed by atoms with Gasteiger partial charge in [-0.25, -0.2) is 24.4 Å². The van der Waals surface area contributed by atoms with Crippen molar-refractivity contribution in [1.29, 1.82) is 0 Å². The molecule has 0 saturated heterocycles. The van der Waals surface area contributed by atoms with Gasteiger partial charge in [0.1, 0.15) is 48.5 Å². The van der Waals surface area contributed by atoms with Crippen LogP contribution in [-0.2, 0) is 78.3 Å². The van der Waals surface area contributed by atoms with Crippen molar-refractivity contribution < 1.29 is 112 Å². The van der Waals surface area contributed by atoms with Crippen LogP contribution < -0.4 is 60.0 Å². The molecule has 108 heavy (non-hydrogen) atoms. The fourth-order valence-corrected chi connectivity index (χ4v) is 15.7. The number of fused-ring (bicyclic) bond motifs is 6. The predicted octanol–water partition coefficient (Wildman–Crippen LogP) is -0.915. The second-order valence-electron chi connectivity index (χ2n) is 26.4. The average Bonchev–Trinajstić information content (AvgIpc) is 1.47. The zero-order valence-corrected chi connectivity index (χ0v) is 61.1. The molecule has 41 heteroatoms. The molecule has 2 aromatic heterocycles. The van der Waals surface area contributed by atoms with E-state index < -0.39 is 167 Å². The number of aliphatic hydroxyl groups excluding tert-OH is 1. The first kappa shape index (κ1) is 86.1. The van der Waals surface area contributed by atoms with Crippen molar-refractivity contribution in [2.45, 2.75) is 159 Å². The number of nitrogens with zero attached hydrogens (tertiary/aromatic N) is 4. The van der Waals surface area contributed by atoms with Gasteiger partial charge in [0, 0.05) is 53.0 Å². The lowest BCUT2D eigenvalue weighted by Gasteiger charge is -2.59. The molecule has 20 N–H and O–H groups in total. The van der Waals surface area contributed by atoms with Gasteiger partial charge >= 0.3 is 36.0 Å². The van der Waals surface area contributed by atoms with Crippen LogP contribution in [-0.4, -0.2) is 226 Å². The van der Waals surface area contributed by atoms with Crippen LogP contribution in [0.3, 0.4) is 0 Å². The Morgan fingerprint density at radius 3 is 1.98 bits per heavy atom. The minimum atomic E-state index is -2.03. The number of nitrogens with two attached hydrogens (primary N) is 3. The van der Waals surface area contributed by atoms with Crippen LogP contribution in [0, 0.1) is 28.6 Å². The van der Waals surface area contributed by atoms with Crippen molar-refractivity contribution >= 4 is 133 Å². The van der Waals surface area contributed by atoms with Gasteiger partial charge in [-0.2, -0.15) is 4.98 Å². The number of Topliss-reactive ketones (excluding diaryl/α,β-unsaturated/α-hetero) is 1. The Bertz CT molecular complexity index is 4030. The molecule has 0 aliphatic heterocycles. The molecule has 6 amide bonds. The number of aliphatic imine (C=N–C) groups is 1. The minimum Gasteiger partial charge on any atom is -0.481 e. The molecule has 3 fully saturated rings. The maximum absolute atomic E-state index is 13.6. The Balaban J connectivity index is 0.000000502. The zero-order valence-electron chi connectivity index (χ0n) is 59.5. The number of aliphatic hydroxyl groups is 2. The van der Waals surface area contributed by atoms with Crippen molar-refractivity contribution in [2.24, 2.45) is 45.0 Å². The van der Waals surface area contributed by atoms with E-state index >= 15 is 0 Å². The summed E-state index contributed by atoms with van der Waals surface area (Å²) in [7, 11) is 2.83. The molecule has 13 unspecified atom stereocenters. The number of hydrogen-bond acceptors (Lipinski definition) is 28. The molecule has 3 aromatic rings. The standard InChI is InChI=1S/C48H68N8O20S2.C19H21N7O4/c1-23(57)52-29(17-35(61)62)40(67)53-28(6-5-13-51-44(49)50)39(66)54-30(18-36(63)64)41(68)55-31(19-37(65)74-4)42(69)56-32(43(70)71)22-78-77-15-14-75-45(72)76-21-34(60)48(73)12-10-27-26-8-7-24-16-25(58)9-11-46(24,2)38(26)33(59)20-47(27,48)3;1-2-3-13(18(29)30)24-16(27)10-4-6-11(7-5-10)21-8-12-9-22-15-14(23-12)17(28)26-19(20)25-15/h9,11,16,26-33,38,59,73H,5-8,10,12-15,17-22H2,1-4H3,(H,52,57)(H,53,67)(H,54,66)(H,55,68)(H,56,69)(H,61,62)(H,63,64)(H,70,71)(H4,49,50,51);4-7,9,13,21H,2-3,8H2,1H3,(H,24,27)(H,29,30)(H3,20,22,25,26,28). The van der Waals surface area contributed by atoms with Crippen LogP contribution in [0.2, 0.25) is 0 Å². The molecule has 39 nitrogen and oxygen atoms in total. The number of carboxylic acids is 4. The van der Waals surface area contributed by atoms with Crippen molar-refractivity contribution in [3.63, 3.8) is 0 Å². The van der Waals surface area contributed by atoms with Gasteiger partial charge in [0.05, 0.1) is 50.9 Å². The van der Waals surface area contributed by atoms with Crippen molar-refractivity contribution in [2.75, 3.05) is 49.4 Å². The summed E-state index contributed by atoms with van der Waals surface area (Å²) in [5, 5.41) is 78.0. The monoisotopic (exact) mass is 1550 g/mol. The van der Waals surface area contributed by atoms with E-state index in [2.05, 4.69) is 66.9 Å². The number of aromatic amines is 1. The maximum Gasteiger partial charge on any atom is 0.508 e. The fourth-order valence-electron chi connectivity index (χ4n) is 13.7. The second kappa shape index (κ2) is 39.2. The molecule has 4 aliphatic carbocycles. The summed E-state index contributed by atoms with van der Waals surface area (Å²) >= 11 is 0. The summed E-state index contributed by atoms with van der Waals surface area (Å²) in [6.45, 7) is 5.73. The van der Waals surface area contributed by atoms with E-state index in [0.717, 1.165) is 41.2 Å². The van der Waals surface area contributed by atoms with Gasteiger partial charge in [-0.3, -0.25) is 67.5 Å². The summed E-state index contributed by atoms with van der Waals surface area (Å²) < 4.78 is 14.8. The lowest BCUT2D eigenvalue weighted by Crippen LogP contribution is -2.61. The third kappa shape index (κ3) is 23.3. The Labute approximate surface area is 624 Å². The third-order valence-electron chi connectivity index (χ3n) is 18.9. The Hall–Kier alpha value is -10.8. The summed E-state index contributed by atoms with van der Waals surface area (Å²) in [4.78, 5) is 205. The molecule has 3 saturated carbocycles. The number of benzene rings is 1. The van der Waals surface area contributed by atoms with Crippen molar-refractivity contribution in [3.05, 3.63) is 75.9 Å². The Morgan fingerprint density at radius 2 is 1.38 bits per heavy atom. The third-order valence-corrected chi connectivity index (χ3v) is 21.3. The van der Waals surface area contributed by atoms with E-state index in [-0.39, 0.29) is 103 Å². The van der Waals surface area contributed by atoms with Crippen LogP contribution in [0.15, 0.2) is 64.1 Å². The quantitative estimate of drug-likeness (QED) is 0.0109. The van der Waals surface area contributed by atoms with E-state index in [1.165, 1.54) is 12.3 Å². The summed E-state index contributed by atoms with van der Waals surface area (Å²) in [5.41, 5.74) is 15.0. The Kier molecular flexibility index (Phi) is 31.2. The topological polar surface area (TPSA) is 634 Å². The number of methoxy groups -OCH3 is 1. The van der Waals surface area contributed by atoms with Crippen LogP contribution >= 0.6 is 21.6 Å². The predicted molar refractivity (Wildman–Crippen MR) is 384 cm³/mol. The molecule has 1 aromatic carbocycles. The molecule has 0 radical (unpaired) electrons. The number of amides is 6. The number of hydrogen-bond donors (Lipinski definition) is 17. The number of carbonyl (C=O) groups excluding carboxylic acids is 10. The van der Waals surface area contributed by atoms with Crippen LogP contribution in [0.4, 0.5) is 16.4 Å². The van der Waals surface area contributed by atoms with Gasteiger partial charge in [-0.05, 0) is 99.6 Å². The van der Waals surface area contributed by atoms with Gasteiger partial charge in [-0.1, -0.05) is 60.4 Å². The first-order valence-corrected chi connectivity index (χ1v) is 36.5. The number of aliphatic carboxylic acids is 4. The van der Waals surface area contributed by atoms with Crippen LogP contribution in [0.5, 0.6) is 0 Å². The SMILES string of the molecule is CCCC(NC(=O)c1ccc(NCc2cnc3nc(N)[nH]c(=O)c3n2)cc1)C(=O)O.COC(=O)CC(NC(=O)C(CC(=O)O)NC(=O)C(CCCN=C(N)N)NC(=O)C(CC(=O)O)NC(C)=O)C(=O)NC(CSSCCOC(=O)OCC(=O)C1(O)CCC2C3CCC4=CC(=O)C=CC4(C)C3C(O)CC21C)C(=O)O. The highest BCUT2D eigenvalue weighted by molar-refractivity contribution is 8.76. The minimum absolute atomic E-state index is 0.0164. The number of ether oxygens (including phenoxy) is 3. The number of carbonyl (C=O) groups is 14. The molecule has 7 rings (SSSR count). The normalized spacial score (nSPS) is 21.8. The van der Waals surface area contributed by atoms with Gasteiger partial charge in [-0.15, -0.1) is 0 Å². The van der Waals surface area contributed by atoms with Gasteiger partial charge in [0.25, 0.3) is 11.5 Å². The summed E-state index contributed by atoms with van der Waals surface area (Å²) in [6, 6.07) is -3.31. The number of esters is 1. The number of H-pyrrole nitrogens is 1. The summed E-state index contributed by atoms with van der Waals surface area (Å²) in [5.74, 6) is -15.0. The van der Waals surface area contributed by atoms with E-state index in [9.17, 15) is 97.5 Å². The summed E-state index contributed by atoms with van der Waals surface area (Å²) in [6.07, 6.45) is 4.12. The number of nitrogen functional groups attached to an aromatic ring is 1. The van der Waals surface area contributed by atoms with Crippen molar-refractivity contribution in [1.82, 2.24) is 51.8 Å². The fraction of sp³-hybridized carbons (Fsp3) is 0.537. The molecule has 4 aliphatic rings. The lowest BCUT2D eigenvalue weighted by molar-refractivity contribution is -0.179. The first-order chi connectivity index (χ1) is 50.9. The zero-order chi connectivity index (χ0) is 80.0. The van der Waals surface area contributed by atoms with Crippen molar-refractivity contribution in [3.8, 4) is 0 Å². The molecule has 588 valence electrons. The molecule has 2 heterocycles. The highest BCUT2D eigenvalue weighted by Gasteiger charge is 2.68. The van der Waals surface area contributed by atoms with E-state index in [4.69, 9.17) is 31.8 Å². The second-order valence-corrected chi connectivity index (χ2v) is 29.0. The van der Waals surface area contributed by atoms with Gasteiger partial charge in [0.2, 0.25) is 41.3 Å². The number of anilines is 2. The number of rotatable bonds is 37. The van der Waals surface area contributed by atoms with Crippen LogP contribution in [0.25, 0.3) is 11.2 Å². The van der Waals surface area contributed by atoms with Gasteiger partial charge in [0.15, 0.2) is 29.5 Å². The lowest BCUT2D eigenvalue weighted by atomic mass is 9.46. The molecule has 0 bridgehead atoms. The molecule has 0 spiro atoms. The highest BCUT2D eigenvalue weighted by atomic mass is 33.1. The molecular formula is C67H89N15O24S2. The van der Waals surface area contributed by atoms with Gasteiger partial charge < -0.3 is 99.3 Å². The number of ketones is 2. The Morgan fingerprint density at radius 1 is 0.769 bits per heavy atom. The van der Waals surface area contributed by atoms with E-state index in [0.29, 0.717) is 49.0 Å². The van der Waals surface area contributed by atoms with E-state index in [1.807, 2.05) is 19.9 Å². The number of guanidine groups is 1. The maximum atomic E-state index is 13.6. The van der Waals surface area contributed by atoms with E-state index in [1.54, 1.807) is 37.3 Å². The van der Waals surface area contributed by atoms with Crippen LogP contribution in [0.1, 0.15) is 121 Å². The number of carboxylic acid groups (broad SMARTS) is 4. The smallest absolute Gasteiger partial charge is 0.481 e. The molecule has 13 atom stereocenters. The number of aromatic nitrogens is 4. The number of allylic oxidation sites excluding steroid dienone is 4. The highest BCUT2D eigenvalue weighted by Crippen LogP contribution is 2.67. The molecular weight excluding hydrogens is 1460 g/mol. The average molecular weight is 1550 g/mol. The first-order valence-electron chi connectivity index (χ1n) is 34.0. The number of nitrogens with one attached hydrogen (secondary N) is 8.